The summed E-state index contributed by atoms with van der Waals surface area (Å²) >= 11 is 0. The minimum atomic E-state index is 0.792. The molecule has 23 heavy (non-hydrogen) atoms. The van der Waals surface area contributed by atoms with Crippen LogP contribution in [0.2, 0.25) is 0 Å². The Morgan fingerprint density at radius 1 is 0.609 bits per heavy atom. The van der Waals surface area contributed by atoms with Gasteiger partial charge in [-0.15, -0.1) is 0 Å². The molecule has 0 heterocycles. The van der Waals surface area contributed by atoms with E-state index in [0.29, 0.717) is 0 Å². The second-order valence-electron chi connectivity index (χ2n) is 7.37. The van der Waals surface area contributed by atoms with Crippen molar-refractivity contribution < 1.29 is 0 Å². The van der Waals surface area contributed by atoms with Gasteiger partial charge in [0.2, 0.25) is 0 Å². The van der Waals surface area contributed by atoms with Crippen LogP contribution in [0, 0.1) is 6.92 Å². The van der Waals surface area contributed by atoms with Crippen molar-refractivity contribution in [2.75, 3.05) is 0 Å². The summed E-state index contributed by atoms with van der Waals surface area (Å²) in [6.07, 6.45) is 18.3. The fourth-order valence-corrected chi connectivity index (χ4v) is 3.47. The molecule has 0 heteroatoms. The molecule has 0 nitrogen and oxygen atoms in total. The van der Waals surface area contributed by atoms with E-state index >= 15 is 0 Å². The lowest BCUT2D eigenvalue weighted by atomic mass is 9.88. The maximum atomic E-state index is 2.36. The monoisotopic (exact) mass is 316 g/mol. The lowest BCUT2D eigenvalue weighted by Crippen LogP contribution is -1.99. The van der Waals surface area contributed by atoms with E-state index in [2.05, 4.69) is 45.0 Å². The van der Waals surface area contributed by atoms with E-state index < -0.39 is 0 Å². The summed E-state index contributed by atoms with van der Waals surface area (Å²) in [5.74, 6) is 0.792. The molecule has 0 N–H and O–H groups in total. The van der Waals surface area contributed by atoms with Crippen LogP contribution in [-0.4, -0.2) is 0 Å². The van der Waals surface area contributed by atoms with Gasteiger partial charge < -0.3 is 0 Å². The van der Waals surface area contributed by atoms with Gasteiger partial charge in [-0.3, -0.25) is 0 Å². The Kier molecular flexibility index (Phi) is 12.0. The molecule has 0 radical (unpaired) electrons. The molecule has 1 atom stereocenters. The van der Waals surface area contributed by atoms with Crippen LogP contribution in [-0.2, 0) is 0 Å². The first-order valence-electron chi connectivity index (χ1n) is 10.3. The smallest absolute Gasteiger partial charge is 0.0162 e. The predicted octanol–water partition coefficient (Wildman–Crippen LogP) is 8.19. The molecule has 0 aromatic heterocycles. The molecule has 0 amide bonds. The molecule has 0 saturated heterocycles. The molecule has 1 unspecified atom stereocenters. The van der Waals surface area contributed by atoms with Crippen molar-refractivity contribution in [2.24, 2.45) is 0 Å². The number of unbranched alkanes of at least 4 members (excludes halogenated alkanes) is 9. The highest BCUT2D eigenvalue weighted by atomic mass is 14.2. The van der Waals surface area contributed by atoms with Crippen molar-refractivity contribution in [1.29, 1.82) is 0 Å². The molecule has 1 aromatic carbocycles. The minimum absolute atomic E-state index is 0.792. The topological polar surface area (TPSA) is 0 Å². The van der Waals surface area contributed by atoms with Crippen molar-refractivity contribution in [3.05, 3.63) is 35.4 Å². The molecule has 132 valence electrons. The third kappa shape index (κ3) is 9.84. The van der Waals surface area contributed by atoms with Crippen molar-refractivity contribution in [3.8, 4) is 0 Å². The fourth-order valence-electron chi connectivity index (χ4n) is 3.47. The number of hydrogen-bond acceptors (Lipinski definition) is 0. The zero-order valence-electron chi connectivity index (χ0n) is 16.1. The van der Waals surface area contributed by atoms with Crippen LogP contribution in [0.3, 0.4) is 0 Å². The van der Waals surface area contributed by atoms with Gasteiger partial charge in [-0.2, -0.15) is 0 Å². The van der Waals surface area contributed by atoms with E-state index in [9.17, 15) is 0 Å². The van der Waals surface area contributed by atoms with Crippen molar-refractivity contribution in [3.63, 3.8) is 0 Å². The van der Waals surface area contributed by atoms with Crippen LogP contribution in [0.4, 0.5) is 0 Å². The Bertz CT molecular complexity index is 362. The predicted molar refractivity (Wildman–Crippen MR) is 105 cm³/mol. The quantitative estimate of drug-likeness (QED) is 0.303. The third-order valence-corrected chi connectivity index (χ3v) is 5.11. The summed E-state index contributed by atoms with van der Waals surface area (Å²) in [5, 5.41) is 0. The van der Waals surface area contributed by atoms with Crippen LogP contribution in [0.1, 0.15) is 114 Å². The highest BCUT2D eigenvalue weighted by Gasteiger charge is 2.10. The maximum absolute atomic E-state index is 2.36. The van der Waals surface area contributed by atoms with Gasteiger partial charge in [0.25, 0.3) is 0 Å². The van der Waals surface area contributed by atoms with E-state index in [1.54, 1.807) is 5.56 Å². The number of aryl methyl sites for hydroxylation is 1. The summed E-state index contributed by atoms with van der Waals surface area (Å²) < 4.78 is 0. The molecule has 0 bridgehead atoms. The molecule has 0 aliphatic heterocycles. The average molecular weight is 317 g/mol. The molecule has 0 fully saturated rings. The standard InChI is InChI=1S/C23H40/c1-4-6-8-9-10-11-12-13-14-16-22(15-7-5-2)23-19-17-21(3)18-20-23/h17-20,22H,4-16H2,1-3H3. The largest absolute Gasteiger partial charge is 0.0654 e. The average Bonchev–Trinajstić information content (AvgIpc) is 2.57. The number of benzene rings is 1. The molecule has 1 rings (SSSR count). The Morgan fingerprint density at radius 2 is 1.09 bits per heavy atom. The third-order valence-electron chi connectivity index (χ3n) is 5.11. The van der Waals surface area contributed by atoms with Crippen LogP contribution in [0.25, 0.3) is 0 Å². The Hall–Kier alpha value is -0.780. The first kappa shape index (κ1) is 20.3. The summed E-state index contributed by atoms with van der Waals surface area (Å²) in [6.45, 7) is 6.79. The van der Waals surface area contributed by atoms with Crippen LogP contribution < -0.4 is 0 Å². The summed E-state index contributed by atoms with van der Waals surface area (Å²) in [6, 6.07) is 9.29. The van der Waals surface area contributed by atoms with Gasteiger partial charge in [-0.25, -0.2) is 0 Å². The van der Waals surface area contributed by atoms with Crippen LogP contribution in [0.15, 0.2) is 24.3 Å². The Labute approximate surface area is 146 Å². The van der Waals surface area contributed by atoms with E-state index in [-0.39, 0.29) is 0 Å². The first-order valence-corrected chi connectivity index (χ1v) is 10.3. The van der Waals surface area contributed by atoms with E-state index in [1.807, 2.05) is 0 Å². The SMILES string of the molecule is CCCCCCCCCCCC(CCCC)c1ccc(C)cc1. The van der Waals surface area contributed by atoms with E-state index in [0.717, 1.165) is 5.92 Å². The van der Waals surface area contributed by atoms with Crippen molar-refractivity contribution in [2.45, 2.75) is 110 Å². The number of rotatable bonds is 14. The summed E-state index contributed by atoms with van der Waals surface area (Å²) in [5.41, 5.74) is 2.95. The van der Waals surface area contributed by atoms with E-state index in [1.165, 1.54) is 89.0 Å². The summed E-state index contributed by atoms with van der Waals surface area (Å²) in [7, 11) is 0. The van der Waals surface area contributed by atoms with Gasteiger partial charge in [-0.05, 0) is 31.2 Å². The maximum Gasteiger partial charge on any atom is -0.0162 e. The molecular formula is C23H40. The highest BCUT2D eigenvalue weighted by Crippen LogP contribution is 2.28. The lowest BCUT2D eigenvalue weighted by Gasteiger charge is -2.17. The van der Waals surface area contributed by atoms with Gasteiger partial charge in [0.05, 0.1) is 0 Å². The van der Waals surface area contributed by atoms with Gasteiger partial charge in [0.1, 0.15) is 0 Å². The highest BCUT2D eigenvalue weighted by molar-refractivity contribution is 5.24. The van der Waals surface area contributed by atoms with Crippen molar-refractivity contribution in [1.82, 2.24) is 0 Å². The van der Waals surface area contributed by atoms with Crippen LogP contribution >= 0.6 is 0 Å². The van der Waals surface area contributed by atoms with Crippen LogP contribution in [0.5, 0.6) is 0 Å². The van der Waals surface area contributed by atoms with E-state index in [4.69, 9.17) is 0 Å². The molecule has 0 aliphatic carbocycles. The number of hydrogen-bond donors (Lipinski definition) is 0. The second kappa shape index (κ2) is 13.6. The Morgan fingerprint density at radius 3 is 1.65 bits per heavy atom. The van der Waals surface area contributed by atoms with Crippen molar-refractivity contribution >= 4 is 0 Å². The minimum Gasteiger partial charge on any atom is -0.0654 e. The second-order valence-corrected chi connectivity index (χ2v) is 7.37. The van der Waals surface area contributed by atoms with Gasteiger partial charge in [0.15, 0.2) is 0 Å². The fraction of sp³-hybridized carbons (Fsp3) is 0.739. The molecule has 0 saturated carbocycles. The normalized spacial score (nSPS) is 12.5. The molecule has 0 spiro atoms. The van der Waals surface area contributed by atoms with Gasteiger partial charge in [0, 0.05) is 0 Å². The zero-order chi connectivity index (χ0) is 16.8. The zero-order valence-corrected chi connectivity index (χ0v) is 16.1. The summed E-state index contributed by atoms with van der Waals surface area (Å²) in [4.78, 5) is 0. The lowest BCUT2D eigenvalue weighted by molar-refractivity contribution is 0.497. The molecular weight excluding hydrogens is 276 g/mol. The Balaban J connectivity index is 2.20. The molecule has 0 aliphatic rings. The molecule has 1 aromatic rings. The first-order chi connectivity index (χ1) is 11.3. The van der Waals surface area contributed by atoms with Gasteiger partial charge in [-0.1, -0.05) is 114 Å². The van der Waals surface area contributed by atoms with Gasteiger partial charge >= 0.3 is 0 Å².